The van der Waals surface area contributed by atoms with Gasteiger partial charge in [0.05, 0.1) is 30.8 Å². The minimum atomic E-state index is -0.695. The van der Waals surface area contributed by atoms with Gasteiger partial charge in [0.2, 0.25) is 5.91 Å². The van der Waals surface area contributed by atoms with Crippen LogP contribution in [0.4, 0.5) is 0 Å². The van der Waals surface area contributed by atoms with Crippen molar-refractivity contribution in [1.82, 2.24) is 15.1 Å². The maximum absolute atomic E-state index is 12.9. The quantitative estimate of drug-likeness (QED) is 0.299. The maximum Gasteiger partial charge on any atom is 0.274 e. The molecule has 38 heavy (non-hydrogen) atoms. The number of benzene rings is 3. The molecule has 0 radical (unpaired) electrons. The SMILES string of the molecule is CCO[C@H](Cc1ccc(OCCn2ncc3cc(C)ccc3c2=O)cc1)C(=O)N[C@H](CO)c1ccccc1. The lowest BCUT2D eigenvalue weighted by Gasteiger charge is -2.22. The van der Waals surface area contributed by atoms with Gasteiger partial charge in [-0.05, 0) is 49.2 Å². The standard InChI is InChI=1S/C30H33N3O5/c1-3-37-28(29(35)32-27(20-34)23-7-5-4-6-8-23)18-22-10-12-25(13-11-22)38-16-15-33-30(36)26-14-9-21(2)17-24(26)19-31-33/h4-14,17,19,27-28,34H,3,15-16,18,20H2,1-2H3,(H,32,35)/t27-,28-/m1/s1. The van der Waals surface area contributed by atoms with Gasteiger partial charge in [-0.3, -0.25) is 9.59 Å². The summed E-state index contributed by atoms with van der Waals surface area (Å²) in [6.07, 6.45) is 1.38. The summed E-state index contributed by atoms with van der Waals surface area (Å²) >= 11 is 0. The van der Waals surface area contributed by atoms with E-state index in [0.717, 1.165) is 22.1 Å². The average Bonchev–Trinajstić information content (AvgIpc) is 2.94. The number of nitrogens with zero attached hydrogens (tertiary/aromatic N) is 2. The topological polar surface area (TPSA) is 103 Å². The molecule has 0 saturated heterocycles. The molecule has 0 aliphatic heterocycles. The normalized spacial score (nSPS) is 12.7. The number of fused-ring (bicyclic) bond motifs is 1. The molecule has 4 aromatic rings. The molecule has 0 unspecified atom stereocenters. The van der Waals surface area contributed by atoms with Crippen molar-refractivity contribution in [1.29, 1.82) is 0 Å². The van der Waals surface area contributed by atoms with E-state index in [1.807, 2.05) is 86.6 Å². The Kier molecular flexibility index (Phi) is 9.24. The summed E-state index contributed by atoms with van der Waals surface area (Å²) in [6, 6.07) is 22.0. The third-order valence-corrected chi connectivity index (χ3v) is 6.29. The molecule has 4 rings (SSSR count). The smallest absolute Gasteiger partial charge is 0.274 e. The number of aromatic nitrogens is 2. The Morgan fingerprint density at radius 2 is 1.84 bits per heavy atom. The van der Waals surface area contributed by atoms with Gasteiger partial charge in [-0.25, -0.2) is 4.68 Å². The van der Waals surface area contributed by atoms with Crippen LogP contribution in [0.5, 0.6) is 5.75 Å². The van der Waals surface area contributed by atoms with Crippen LogP contribution in [0.25, 0.3) is 10.8 Å². The molecule has 0 fully saturated rings. The fourth-order valence-electron chi connectivity index (χ4n) is 4.27. The number of aliphatic hydroxyl groups excluding tert-OH is 1. The van der Waals surface area contributed by atoms with Gasteiger partial charge in [0, 0.05) is 18.4 Å². The van der Waals surface area contributed by atoms with Crippen molar-refractivity contribution in [3.63, 3.8) is 0 Å². The Morgan fingerprint density at radius 1 is 1.08 bits per heavy atom. The van der Waals surface area contributed by atoms with Crippen LogP contribution in [-0.4, -0.2) is 46.7 Å². The Morgan fingerprint density at radius 3 is 2.55 bits per heavy atom. The monoisotopic (exact) mass is 515 g/mol. The molecule has 0 spiro atoms. The van der Waals surface area contributed by atoms with Crippen molar-refractivity contribution in [3.8, 4) is 5.75 Å². The van der Waals surface area contributed by atoms with Crippen molar-refractivity contribution >= 4 is 16.7 Å². The Labute approximate surface area is 221 Å². The number of carbonyl (C=O) groups excluding carboxylic acids is 1. The highest BCUT2D eigenvalue weighted by atomic mass is 16.5. The number of aliphatic hydroxyl groups is 1. The molecule has 8 heteroatoms. The molecule has 0 saturated carbocycles. The molecule has 0 aliphatic rings. The van der Waals surface area contributed by atoms with Crippen LogP contribution in [0.15, 0.2) is 83.8 Å². The first-order chi connectivity index (χ1) is 18.5. The van der Waals surface area contributed by atoms with Crippen LogP contribution >= 0.6 is 0 Å². The summed E-state index contributed by atoms with van der Waals surface area (Å²) in [5.74, 6) is 0.374. The van der Waals surface area contributed by atoms with Crippen molar-refractivity contribution in [2.75, 3.05) is 19.8 Å². The highest BCUT2D eigenvalue weighted by Crippen LogP contribution is 2.17. The van der Waals surface area contributed by atoms with Crippen LogP contribution in [0, 0.1) is 6.92 Å². The third-order valence-electron chi connectivity index (χ3n) is 6.29. The Hall–Kier alpha value is -4.01. The molecule has 1 aromatic heterocycles. The maximum atomic E-state index is 12.9. The van der Waals surface area contributed by atoms with Gasteiger partial charge in [-0.1, -0.05) is 54.1 Å². The first-order valence-electron chi connectivity index (χ1n) is 12.7. The summed E-state index contributed by atoms with van der Waals surface area (Å²) in [5.41, 5.74) is 2.68. The van der Waals surface area contributed by atoms with E-state index in [2.05, 4.69) is 10.4 Å². The molecule has 1 amide bonds. The number of rotatable bonds is 12. The number of nitrogens with one attached hydrogen (secondary N) is 1. The van der Waals surface area contributed by atoms with Crippen molar-refractivity contribution in [3.05, 3.63) is 106 Å². The predicted molar refractivity (Wildman–Crippen MR) is 146 cm³/mol. The summed E-state index contributed by atoms with van der Waals surface area (Å²) in [5, 5.41) is 18.4. The van der Waals surface area contributed by atoms with Gasteiger partial charge in [0.1, 0.15) is 18.5 Å². The summed E-state index contributed by atoms with van der Waals surface area (Å²) in [7, 11) is 0. The lowest BCUT2D eigenvalue weighted by molar-refractivity contribution is -0.133. The summed E-state index contributed by atoms with van der Waals surface area (Å²) < 4.78 is 13.0. The van der Waals surface area contributed by atoms with Gasteiger partial charge in [0.25, 0.3) is 5.56 Å². The number of ether oxygens (including phenoxy) is 2. The van der Waals surface area contributed by atoms with Crippen LogP contribution in [0.3, 0.4) is 0 Å². The summed E-state index contributed by atoms with van der Waals surface area (Å²) in [4.78, 5) is 25.6. The lowest BCUT2D eigenvalue weighted by atomic mass is 10.0. The first-order valence-corrected chi connectivity index (χ1v) is 12.7. The molecule has 3 aromatic carbocycles. The van der Waals surface area contributed by atoms with Crippen molar-refractivity contribution in [2.45, 2.75) is 39.0 Å². The second-order valence-corrected chi connectivity index (χ2v) is 9.06. The third kappa shape index (κ3) is 6.85. The molecule has 198 valence electrons. The van der Waals surface area contributed by atoms with E-state index < -0.39 is 12.1 Å². The number of carbonyl (C=O) groups is 1. The average molecular weight is 516 g/mol. The zero-order valence-corrected chi connectivity index (χ0v) is 21.7. The van der Waals surface area contributed by atoms with Gasteiger partial charge < -0.3 is 19.9 Å². The van der Waals surface area contributed by atoms with E-state index in [1.54, 1.807) is 6.20 Å². The largest absolute Gasteiger partial charge is 0.492 e. The predicted octanol–water partition coefficient (Wildman–Crippen LogP) is 3.58. The fourth-order valence-corrected chi connectivity index (χ4v) is 4.27. The zero-order chi connectivity index (χ0) is 26.9. The Balaban J connectivity index is 1.33. The second-order valence-electron chi connectivity index (χ2n) is 9.06. The van der Waals surface area contributed by atoms with E-state index in [9.17, 15) is 14.7 Å². The van der Waals surface area contributed by atoms with E-state index >= 15 is 0 Å². The van der Waals surface area contributed by atoms with Crippen LogP contribution < -0.4 is 15.6 Å². The van der Waals surface area contributed by atoms with Gasteiger partial charge in [-0.15, -0.1) is 0 Å². The van der Waals surface area contributed by atoms with E-state index in [-0.39, 0.29) is 24.7 Å². The van der Waals surface area contributed by atoms with E-state index in [4.69, 9.17) is 9.47 Å². The number of hydrogen-bond acceptors (Lipinski definition) is 6. The van der Waals surface area contributed by atoms with Gasteiger partial charge in [0.15, 0.2) is 0 Å². The van der Waals surface area contributed by atoms with E-state index in [0.29, 0.717) is 30.7 Å². The van der Waals surface area contributed by atoms with Crippen LogP contribution in [0.2, 0.25) is 0 Å². The lowest BCUT2D eigenvalue weighted by Crippen LogP contribution is -2.41. The minimum absolute atomic E-state index is 0.141. The van der Waals surface area contributed by atoms with Gasteiger partial charge in [-0.2, -0.15) is 5.10 Å². The van der Waals surface area contributed by atoms with Crippen molar-refractivity contribution in [2.24, 2.45) is 0 Å². The fraction of sp³-hybridized carbons (Fsp3) is 0.300. The molecular weight excluding hydrogens is 482 g/mol. The summed E-state index contributed by atoms with van der Waals surface area (Å²) in [6.45, 7) is 4.61. The van der Waals surface area contributed by atoms with E-state index in [1.165, 1.54) is 4.68 Å². The molecule has 0 bridgehead atoms. The van der Waals surface area contributed by atoms with Crippen LogP contribution in [-0.2, 0) is 22.5 Å². The first kappa shape index (κ1) is 27.0. The number of hydrogen-bond donors (Lipinski definition) is 2. The highest BCUT2D eigenvalue weighted by molar-refractivity contribution is 5.82. The molecular formula is C30H33N3O5. The zero-order valence-electron chi connectivity index (χ0n) is 21.7. The number of amides is 1. The minimum Gasteiger partial charge on any atom is -0.492 e. The van der Waals surface area contributed by atoms with Crippen molar-refractivity contribution < 1.29 is 19.4 Å². The molecule has 2 N–H and O–H groups in total. The highest BCUT2D eigenvalue weighted by Gasteiger charge is 2.23. The Bertz CT molecular complexity index is 1400. The van der Waals surface area contributed by atoms with Crippen LogP contribution in [0.1, 0.15) is 29.7 Å². The van der Waals surface area contributed by atoms with Gasteiger partial charge >= 0.3 is 0 Å². The molecule has 8 nitrogen and oxygen atoms in total. The molecule has 2 atom stereocenters. The second kappa shape index (κ2) is 13.0. The molecule has 1 heterocycles. The number of aryl methyl sites for hydroxylation is 1. The molecule has 0 aliphatic carbocycles.